The van der Waals surface area contributed by atoms with Gasteiger partial charge in [-0.15, -0.1) is 5.10 Å². The quantitative estimate of drug-likeness (QED) is 0.736. The van der Waals surface area contributed by atoms with Gasteiger partial charge in [0.25, 0.3) is 5.92 Å². The van der Waals surface area contributed by atoms with Crippen LogP contribution in [-0.4, -0.2) is 68.0 Å². The number of aliphatic hydroxyl groups is 1. The molecule has 2 amide bonds. The monoisotopic (exact) mass is 413 g/mol. The topological polar surface area (TPSA) is 100 Å². The Balaban J connectivity index is 1.81. The fourth-order valence-corrected chi connectivity index (χ4v) is 3.69. The molecular weight excluding hydrogens is 384 g/mol. The van der Waals surface area contributed by atoms with E-state index in [-0.39, 0.29) is 18.9 Å². The molecule has 162 valence electrons. The summed E-state index contributed by atoms with van der Waals surface area (Å²) in [5, 5.41) is 20.6. The molecule has 0 radical (unpaired) electrons. The van der Waals surface area contributed by atoms with Crippen LogP contribution in [0.1, 0.15) is 64.6 Å². The van der Waals surface area contributed by atoms with Crippen molar-refractivity contribution in [3.63, 3.8) is 0 Å². The first-order valence-electron chi connectivity index (χ1n) is 9.92. The number of aromatic nitrogens is 3. The van der Waals surface area contributed by atoms with Gasteiger partial charge in [-0.1, -0.05) is 26.0 Å². The highest BCUT2D eigenvalue weighted by Gasteiger charge is 2.45. The van der Waals surface area contributed by atoms with Gasteiger partial charge in [-0.05, 0) is 18.3 Å². The minimum absolute atomic E-state index is 0.00834. The molecule has 1 aromatic rings. The standard InChI is InChI=1S/C19H29F2N5O3/c1-18(2,3)15(26-9-13(23-24-26)11-5-6-11)17(29)25-8-12(27)7-14(25)16(28)22-10-19(4,20)21/h9,11-12,14-15,27H,5-8,10H2,1-4H3,(H,22,28). The van der Waals surface area contributed by atoms with Crippen molar-refractivity contribution < 1.29 is 23.5 Å². The van der Waals surface area contributed by atoms with Crippen LogP contribution < -0.4 is 5.32 Å². The number of carbonyl (C=O) groups excluding carboxylic acids is 2. The van der Waals surface area contributed by atoms with Crippen LogP contribution in [0.25, 0.3) is 0 Å². The van der Waals surface area contributed by atoms with E-state index >= 15 is 0 Å². The zero-order valence-electron chi connectivity index (χ0n) is 17.2. The highest BCUT2D eigenvalue weighted by atomic mass is 19.3. The Labute approximate surface area is 168 Å². The summed E-state index contributed by atoms with van der Waals surface area (Å²) in [6.07, 6.45) is 2.99. The minimum atomic E-state index is -3.06. The second kappa shape index (κ2) is 7.62. The summed E-state index contributed by atoms with van der Waals surface area (Å²) in [4.78, 5) is 27.2. The van der Waals surface area contributed by atoms with Gasteiger partial charge in [0.15, 0.2) is 0 Å². The molecule has 1 aliphatic heterocycles. The molecule has 3 atom stereocenters. The number of nitrogens with zero attached hydrogens (tertiary/aromatic N) is 4. The Morgan fingerprint density at radius 1 is 1.31 bits per heavy atom. The van der Waals surface area contributed by atoms with Crippen molar-refractivity contribution in [2.75, 3.05) is 13.1 Å². The average molecular weight is 413 g/mol. The molecule has 0 aromatic carbocycles. The van der Waals surface area contributed by atoms with Gasteiger partial charge in [0.2, 0.25) is 11.8 Å². The van der Waals surface area contributed by atoms with Gasteiger partial charge < -0.3 is 15.3 Å². The maximum absolute atomic E-state index is 13.4. The molecule has 1 saturated heterocycles. The normalized spacial score (nSPS) is 23.9. The number of hydrogen-bond donors (Lipinski definition) is 2. The van der Waals surface area contributed by atoms with Crippen LogP contribution in [0.4, 0.5) is 8.78 Å². The van der Waals surface area contributed by atoms with Gasteiger partial charge in [0.1, 0.15) is 12.1 Å². The molecular formula is C19H29F2N5O3. The molecule has 10 heteroatoms. The Morgan fingerprint density at radius 2 is 1.97 bits per heavy atom. The van der Waals surface area contributed by atoms with Crippen LogP contribution in [0.2, 0.25) is 0 Å². The average Bonchev–Trinajstić information content (AvgIpc) is 3.20. The molecule has 0 spiro atoms. The zero-order chi connectivity index (χ0) is 21.6. The van der Waals surface area contributed by atoms with Crippen molar-refractivity contribution in [1.29, 1.82) is 0 Å². The summed E-state index contributed by atoms with van der Waals surface area (Å²) < 4.78 is 27.8. The van der Waals surface area contributed by atoms with Crippen LogP contribution in [0.15, 0.2) is 6.20 Å². The largest absolute Gasteiger partial charge is 0.391 e. The van der Waals surface area contributed by atoms with E-state index < -0.39 is 42.0 Å². The second-order valence-electron chi connectivity index (χ2n) is 9.35. The molecule has 1 aliphatic carbocycles. The van der Waals surface area contributed by atoms with Crippen LogP contribution in [0.3, 0.4) is 0 Å². The van der Waals surface area contributed by atoms with E-state index in [1.54, 1.807) is 6.20 Å². The van der Waals surface area contributed by atoms with E-state index in [1.165, 1.54) is 9.58 Å². The molecule has 2 fully saturated rings. The first kappa shape index (κ1) is 21.6. The third kappa shape index (κ3) is 5.09. The van der Waals surface area contributed by atoms with E-state index in [2.05, 4.69) is 15.6 Å². The summed E-state index contributed by atoms with van der Waals surface area (Å²) in [5.74, 6) is -3.76. The summed E-state index contributed by atoms with van der Waals surface area (Å²) in [5.41, 5.74) is 0.296. The Bertz CT molecular complexity index is 767. The molecule has 3 unspecified atom stereocenters. The maximum Gasteiger partial charge on any atom is 0.262 e. The lowest BCUT2D eigenvalue weighted by molar-refractivity contribution is -0.144. The number of rotatable bonds is 6. The van der Waals surface area contributed by atoms with Crippen molar-refractivity contribution in [3.8, 4) is 0 Å². The Hall–Kier alpha value is -2.10. The number of halogens is 2. The number of alkyl halides is 2. The summed E-state index contributed by atoms with van der Waals surface area (Å²) in [6, 6.07) is -1.74. The van der Waals surface area contributed by atoms with Crippen LogP contribution in [-0.2, 0) is 9.59 Å². The fourth-order valence-electron chi connectivity index (χ4n) is 3.69. The third-order valence-electron chi connectivity index (χ3n) is 5.28. The molecule has 2 heterocycles. The molecule has 8 nitrogen and oxygen atoms in total. The number of β-amino-alcohol motifs (C(OH)–C–C–N with tert-alkyl or cyclic N) is 1. The molecule has 3 rings (SSSR count). The minimum Gasteiger partial charge on any atom is -0.391 e. The van der Waals surface area contributed by atoms with Gasteiger partial charge >= 0.3 is 0 Å². The number of nitrogens with one attached hydrogen (secondary N) is 1. The van der Waals surface area contributed by atoms with Gasteiger partial charge in [0.05, 0.1) is 18.3 Å². The van der Waals surface area contributed by atoms with Crippen LogP contribution in [0, 0.1) is 5.41 Å². The summed E-state index contributed by atoms with van der Waals surface area (Å²) in [6.45, 7) is 5.50. The van der Waals surface area contributed by atoms with Gasteiger partial charge in [-0.3, -0.25) is 9.59 Å². The van der Waals surface area contributed by atoms with Crippen LogP contribution >= 0.6 is 0 Å². The van der Waals surface area contributed by atoms with Crippen molar-refractivity contribution >= 4 is 11.8 Å². The number of likely N-dealkylation sites (tertiary alicyclic amines) is 1. The number of amides is 2. The molecule has 29 heavy (non-hydrogen) atoms. The summed E-state index contributed by atoms with van der Waals surface area (Å²) in [7, 11) is 0. The number of carbonyl (C=O) groups is 2. The second-order valence-corrected chi connectivity index (χ2v) is 9.35. The molecule has 2 aliphatic rings. The predicted molar refractivity (Wildman–Crippen MR) is 100 cm³/mol. The van der Waals surface area contributed by atoms with Crippen molar-refractivity contribution in [2.45, 2.75) is 77.0 Å². The van der Waals surface area contributed by atoms with Gasteiger partial charge in [-0.25, -0.2) is 13.5 Å². The smallest absolute Gasteiger partial charge is 0.262 e. The lowest BCUT2D eigenvalue weighted by Gasteiger charge is -2.34. The van der Waals surface area contributed by atoms with Gasteiger partial charge in [0, 0.05) is 32.0 Å². The van der Waals surface area contributed by atoms with Crippen molar-refractivity contribution in [1.82, 2.24) is 25.2 Å². The predicted octanol–water partition coefficient (Wildman–Crippen LogP) is 1.48. The first-order valence-corrected chi connectivity index (χ1v) is 9.92. The highest BCUT2D eigenvalue weighted by molar-refractivity contribution is 5.90. The van der Waals surface area contributed by atoms with E-state index in [1.807, 2.05) is 20.8 Å². The van der Waals surface area contributed by atoms with E-state index in [0.29, 0.717) is 12.8 Å². The third-order valence-corrected chi connectivity index (χ3v) is 5.28. The van der Waals surface area contributed by atoms with Crippen molar-refractivity contribution in [3.05, 3.63) is 11.9 Å². The first-order chi connectivity index (χ1) is 13.4. The fraction of sp³-hybridized carbons (Fsp3) is 0.789. The molecule has 1 aromatic heterocycles. The van der Waals surface area contributed by atoms with Crippen LogP contribution in [0.5, 0.6) is 0 Å². The molecule has 1 saturated carbocycles. The Kier molecular flexibility index (Phi) is 5.68. The molecule has 0 bridgehead atoms. The number of hydrogen-bond acceptors (Lipinski definition) is 5. The lowest BCUT2D eigenvalue weighted by Crippen LogP contribution is -2.51. The maximum atomic E-state index is 13.4. The SMILES string of the molecule is CC(F)(F)CNC(=O)C1CC(O)CN1C(=O)C(n1cc(C2CC2)nn1)C(C)(C)C. The van der Waals surface area contributed by atoms with Gasteiger partial charge in [-0.2, -0.15) is 0 Å². The lowest BCUT2D eigenvalue weighted by atomic mass is 9.85. The number of aliphatic hydroxyl groups excluding tert-OH is 1. The zero-order valence-corrected chi connectivity index (χ0v) is 17.2. The van der Waals surface area contributed by atoms with E-state index in [4.69, 9.17) is 0 Å². The van der Waals surface area contributed by atoms with E-state index in [0.717, 1.165) is 18.5 Å². The summed E-state index contributed by atoms with van der Waals surface area (Å²) >= 11 is 0. The Morgan fingerprint density at radius 3 is 2.52 bits per heavy atom. The highest BCUT2D eigenvalue weighted by Crippen LogP contribution is 2.40. The van der Waals surface area contributed by atoms with Crippen molar-refractivity contribution in [2.24, 2.45) is 5.41 Å². The van der Waals surface area contributed by atoms with E-state index in [9.17, 15) is 23.5 Å². The molecule has 2 N–H and O–H groups in total.